The number of benzene rings is 1. The quantitative estimate of drug-likeness (QED) is 0.736. The fourth-order valence-corrected chi connectivity index (χ4v) is 3.37. The number of methoxy groups -OCH3 is 1. The van der Waals surface area contributed by atoms with Crippen molar-refractivity contribution in [3.63, 3.8) is 0 Å². The lowest BCUT2D eigenvalue weighted by atomic mass is 10.2. The zero-order valence-electron chi connectivity index (χ0n) is 12.9. The Morgan fingerprint density at radius 2 is 2.26 bits per heavy atom. The molecule has 0 radical (unpaired) electrons. The SMILES string of the molecule is COCCn1c(=NC(=O)c2cnccn2)sc2cc(C)ccc21. The first-order valence-corrected chi connectivity index (χ1v) is 7.94. The fourth-order valence-electron chi connectivity index (χ4n) is 2.22. The summed E-state index contributed by atoms with van der Waals surface area (Å²) in [5.74, 6) is -0.396. The molecule has 0 aliphatic carbocycles. The van der Waals surface area contributed by atoms with Gasteiger partial charge in [0.05, 0.1) is 23.0 Å². The van der Waals surface area contributed by atoms with E-state index in [0.29, 0.717) is 18.0 Å². The highest BCUT2D eigenvalue weighted by Crippen LogP contribution is 2.19. The molecule has 0 saturated heterocycles. The maximum absolute atomic E-state index is 12.3. The Hall–Kier alpha value is -2.38. The highest BCUT2D eigenvalue weighted by Gasteiger charge is 2.10. The first kappa shape index (κ1) is 15.5. The topological polar surface area (TPSA) is 69.4 Å². The minimum Gasteiger partial charge on any atom is -0.383 e. The number of amides is 1. The molecule has 1 amide bonds. The van der Waals surface area contributed by atoms with Crippen molar-refractivity contribution in [2.45, 2.75) is 13.5 Å². The zero-order chi connectivity index (χ0) is 16.2. The van der Waals surface area contributed by atoms with Crippen LogP contribution in [0.1, 0.15) is 16.1 Å². The van der Waals surface area contributed by atoms with Gasteiger partial charge in [-0.2, -0.15) is 4.99 Å². The number of fused-ring (bicyclic) bond motifs is 1. The number of carbonyl (C=O) groups excluding carboxylic acids is 1. The molecule has 0 bridgehead atoms. The van der Waals surface area contributed by atoms with Gasteiger partial charge in [0.1, 0.15) is 5.69 Å². The van der Waals surface area contributed by atoms with Crippen molar-refractivity contribution < 1.29 is 9.53 Å². The first-order valence-electron chi connectivity index (χ1n) is 7.13. The van der Waals surface area contributed by atoms with Gasteiger partial charge in [0, 0.05) is 26.0 Å². The van der Waals surface area contributed by atoms with Crippen molar-refractivity contribution in [3.8, 4) is 0 Å². The Labute approximate surface area is 137 Å². The number of thiazole rings is 1. The van der Waals surface area contributed by atoms with E-state index in [1.807, 2.05) is 23.6 Å². The summed E-state index contributed by atoms with van der Waals surface area (Å²) in [6.07, 6.45) is 4.43. The van der Waals surface area contributed by atoms with Crippen LogP contribution in [0.4, 0.5) is 0 Å². The highest BCUT2D eigenvalue weighted by molar-refractivity contribution is 7.16. The van der Waals surface area contributed by atoms with Crippen LogP contribution in [0.15, 0.2) is 41.8 Å². The van der Waals surface area contributed by atoms with Crippen LogP contribution in [0.2, 0.25) is 0 Å². The van der Waals surface area contributed by atoms with Crippen LogP contribution >= 0.6 is 11.3 Å². The molecule has 2 heterocycles. The minimum atomic E-state index is -0.396. The van der Waals surface area contributed by atoms with Crippen LogP contribution in [0.25, 0.3) is 10.2 Å². The van der Waals surface area contributed by atoms with Gasteiger partial charge in [-0.25, -0.2) is 4.98 Å². The molecule has 0 atom stereocenters. The van der Waals surface area contributed by atoms with Gasteiger partial charge < -0.3 is 9.30 Å². The maximum atomic E-state index is 12.3. The summed E-state index contributed by atoms with van der Waals surface area (Å²) in [7, 11) is 1.65. The molecule has 3 aromatic rings. The average Bonchev–Trinajstić information content (AvgIpc) is 2.89. The number of aryl methyl sites for hydroxylation is 1. The number of hydrogen-bond acceptors (Lipinski definition) is 5. The number of rotatable bonds is 4. The van der Waals surface area contributed by atoms with E-state index in [0.717, 1.165) is 10.2 Å². The van der Waals surface area contributed by atoms with E-state index in [-0.39, 0.29) is 5.69 Å². The number of ether oxygens (including phenoxy) is 1. The van der Waals surface area contributed by atoms with E-state index in [4.69, 9.17) is 4.74 Å². The molecule has 6 nitrogen and oxygen atoms in total. The minimum absolute atomic E-state index is 0.236. The molecule has 0 aliphatic rings. The standard InChI is InChI=1S/C16H16N4O2S/c1-11-3-4-13-14(9-11)23-16(20(13)7-8-22-2)19-15(21)12-10-17-5-6-18-12/h3-6,9-10H,7-8H2,1-2H3. The van der Waals surface area contributed by atoms with Gasteiger partial charge in [0.2, 0.25) is 0 Å². The molecule has 3 rings (SSSR count). The lowest BCUT2D eigenvalue weighted by molar-refractivity contribution is 0.0992. The third-order valence-electron chi connectivity index (χ3n) is 3.34. The van der Waals surface area contributed by atoms with Gasteiger partial charge in [-0.1, -0.05) is 17.4 Å². The van der Waals surface area contributed by atoms with E-state index < -0.39 is 5.91 Å². The zero-order valence-corrected chi connectivity index (χ0v) is 13.7. The molecule has 0 aliphatic heterocycles. The summed E-state index contributed by atoms with van der Waals surface area (Å²) < 4.78 is 8.25. The highest BCUT2D eigenvalue weighted by atomic mass is 32.1. The summed E-state index contributed by atoms with van der Waals surface area (Å²) in [6.45, 7) is 3.22. The van der Waals surface area contributed by atoms with E-state index in [1.165, 1.54) is 35.5 Å². The van der Waals surface area contributed by atoms with E-state index in [9.17, 15) is 4.79 Å². The summed E-state index contributed by atoms with van der Waals surface area (Å²) in [4.78, 5) is 25.1. The molecule has 0 spiro atoms. The van der Waals surface area contributed by atoms with Crippen molar-refractivity contribution in [2.24, 2.45) is 4.99 Å². The Kier molecular flexibility index (Phi) is 4.59. The molecule has 2 aromatic heterocycles. The molecule has 7 heteroatoms. The molecule has 0 N–H and O–H groups in total. The van der Waals surface area contributed by atoms with Crippen molar-refractivity contribution in [2.75, 3.05) is 13.7 Å². The smallest absolute Gasteiger partial charge is 0.299 e. The Morgan fingerprint density at radius 1 is 1.39 bits per heavy atom. The number of hydrogen-bond donors (Lipinski definition) is 0. The molecular weight excluding hydrogens is 312 g/mol. The monoisotopic (exact) mass is 328 g/mol. The van der Waals surface area contributed by atoms with Crippen molar-refractivity contribution >= 4 is 27.5 Å². The Balaban J connectivity index is 2.11. The van der Waals surface area contributed by atoms with Gasteiger partial charge in [0.15, 0.2) is 4.80 Å². The number of carbonyl (C=O) groups is 1. The predicted octanol–water partition coefficient (Wildman–Crippen LogP) is 2.19. The van der Waals surface area contributed by atoms with Crippen LogP contribution in [-0.4, -0.2) is 34.2 Å². The molecule has 23 heavy (non-hydrogen) atoms. The van der Waals surface area contributed by atoms with E-state index in [1.54, 1.807) is 7.11 Å². The van der Waals surface area contributed by atoms with Crippen molar-refractivity contribution in [1.29, 1.82) is 0 Å². The Morgan fingerprint density at radius 3 is 3.00 bits per heavy atom. The van der Waals surface area contributed by atoms with Crippen LogP contribution in [0.5, 0.6) is 0 Å². The molecule has 0 saturated carbocycles. The van der Waals surface area contributed by atoms with Crippen molar-refractivity contribution in [3.05, 3.63) is 52.8 Å². The van der Waals surface area contributed by atoms with Crippen LogP contribution in [-0.2, 0) is 11.3 Å². The van der Waals surface area contributed by atoms with Crippen molar-refractivity contribution in [1.82, 2.24) is 14.5 Å². The molecule has 0 unspecified atom stereocenters. The summed E-state index contributed by atoms with van der Waals surface area (Å²) >= 11 is 1.48. The van der Waals surface area contributed by atoms with Crippen LogP contribution < -0.4 is 4.80 Å². The van der Waals surface area contributed by atoms with Gasteiger partial charge in [-0.15, -0.1) is 0 Å². The second kappa shape index (κ2) is 6.80. The van der Waals surface area contributed by atoms with E-state index >= 15 is 0 Å². The van der Waals surface area contributed by atoms with Gasteiger partial charge >= 0.3 is 0 Å². The third-order valence-corrected chi connectivity index (χ3v) is 4.38. The van der Waals surface area contributed by atoms with E-state index in [2.05, 4.69) is 21.0 Å². The summed E-state index contributed by atoms with van der Waals surface area (Å²) in [5.41, 5.74) is 2.45. The van der Waals surface area contributed by atoms with Crippen LogP contribution in [0.3, 0.4) is 0 Å². The molecule has 118 valence electrons. The lowest BCUT2D eigenvalue weighted by Gasteiger charge is -2.04. The second-order valence-corrected chi connectivity index (χ2v) is 6.02. The maximum Gasteiger partial charge on any atom is 0.299 e. The summed E-state index contributed by atoms with van der Waals surface area (Å²) in [6, 6.07) is 6.18. The average molecular weight is 328 g/mol. The number of nitrogens with zero attached hydrogens (tertiary/aromatic N) is 4. The molecule has 1 aromatic carbocycles. The second-order valence-electron chi connectivity index (χ2n) is 5.01. The van der Waals surface area contributed by atoms with Gasteiger partial charge in [0.25, 0.3) is 5.91 Å². The van der Waals surface area contributed by atoms with Gasteiger partial charge in [-0.3, -0.25) is 9.78 Å². The largest absolute Gasteiger partial charge is 0.383 e. The molecule has 0 fully saturated rings. The predicted molar refractivity (Wildman–Crippen MR) is 88.4 cm³/mol. The first-order chi connectivity index (χ1) is 11.2. The van der Waals surface area contributed by atoms with Gasteiger partial charge in [-0.05, 0) is 24.6 Å². The normalized spacial score (nSPS) is 12.0. The lowest BCUT2D eigenvalue weighted by Crippen LogP contribution is -2.19. The Bertz CT molecular complexity index is 899. The fraction of sp³-hybridized carbons (Fsp3) is 0.250. The molecular formula is C16H16N4O2S. The van der Waals surface area contributed by atoms with Crippen LogP contribution in [0, 0.1) is 6.92 Å². The third kappa shape index (κ3) is 3.35. The summed E-state index contributed by atoms with van der Waals surface area (Å²) in [5, 5.41) is 0. The number of aromatic nitrogens is 3.